The summed E-state index contributed by atoms with van der Waals surface area (Å²) in [6.45, 7) is 9.94. The van der Waals surface area contributed by atoms with E-state index in [0.29, 0.717) is 0 Å². The van der Waals surface area contributed by atoms with Gasteiger partial charge >= 0.3 is 0 Å². The lowest BCUT2D eigenvalue weighted by Gasteiger charge is -2.19. The Labute approximate surface area is 82.9 Å². The van der Waals surface area contributed by atoms with E-state index < -0.39 is 5.60 Å². The van der Waals surface area contributed by atoms with E-state index in [1.807, 2.05) is 6.92 Å². The summed E-state index contributed by atoms with van der Waals surface area (Å²) in [5, 5.41) is 9.65. The molecule has 1 N–H and O–H groups in total. The van der Waals surface area contributed by atoms with Crippen LogP contribution in [0.15, 0.2) is 12.7 Å². The standard InChI is InChI=1S/C12H24O/c1-5-8-11(3)9-7-10-12(4,13)6-2/h6,11,13H,2,5,7-10H2,1,3-4H3. The zero-order valence-electron chi connectivity index (χ0n) is 9.34. The van der Waals surface area contributed by atoms with Crippen molar-refractivity contribution in [2.24, 2.45) is 5.92 Å². The maximum absolute atomic E-state index is 9.65. The molecule has 13 heavy (non-hydrogen) atoms. The molecule has 78 valence electrons. The quantitative estimate of drug-likeness (QED) is 0.600. The van der Waals surface area contributed by atoms with E-state index in [1.165, 1.54) is 19.3 Å². The highest BCUT2D eigenvalue weighted by Gasteiger charge is 2.14. The van der Waals surface area contributed by atoms with Crippen molar-refractivity contribution in [3.05, 3.63) is 12.7 Å². The van der Waals surface area contributed by atoms with Gasteiger partial charge in [0.15, 0.2) is 0 Å². The van der Waals surface area contributed by atoms with Gasteiger partial charge in [0, 0.05) is 0 Å². The zero-order valence-corrected chi connectivity index (χ0v) is 9.34. The van der Waals surface area contributed by atoms with E-state index in [1.54, 1.807) is 6.08 Å². The fourth-order valence-electron chi connectivity index (χ4n) is 1.55. The molecule has 0 spiro atoms. The predicted octanol–water partition coefficient (Wildman–Crippen LogP) is 3.53. The number of rotatable bonds is 7. The first kappa shape index (κ1) is 12.7. The molecule has 0 amide bonds. The minimum absolute atomic E-state index is 0.661. The summed E-state index contributed by atoms with van der Waals surface area (Å²) in [4.78, 5) is 0. The fourth-order valence-corrected chi connectivity index (χ4v) is 1.55. The Hall–Kier alpha value is -0.300. The Kier molecular flexibility index (Phi) is 6.06. The lowest BCUT2D eigenvalue weighted by molar-refractivity contribution is 0.0975. The fraction of sp³-hybridized carbons (Fsp3) is 0.833. The molecule has 0 aromatic carbocycles. The predicted molar refractivity (Wildman–Crippen MR) is 58.7 cm³/mol. The summed E-state index contributed by atoms with van der Waals surface area (Å²) in [6.07, 6.45) is 7.36. The lowest BCUT2D eigenvalue weighted by Crippen LogP contribution is -2.20. The van der Waals surface area contributed by atoms with Crippen LogP contribution in [0.5, 0.6) is 0 Å². The van der Waals surface area contributed by atoms with Crippen molar-refractivity contribution in [1.29, 1.82) is 0 Å². The highest BCUT2D eigenvalue weighted by atomic mass is 16.3. The van der Waals surface area contributed by atoms with Crippen LogP contribution in [0, 0.1) is 5.92 Å². The van der Waals surface area contributed by atoms with Crippen LogP contribution in [0.4, 0.5) is 0 Å². The van der Waals surface area contributed by atoms with Gasteiger partial charge in [-0.1, -0.05) is 45.6 Å². The van der Waals surface area contributed by atoms with Crippen LogP contribution >= 0.6 is 0 Å². The topological polar surface area (TPSA) is 20.2 Å². The number of hydrogen-bond donors (Lipinski definition) is 1. The number of hydrogen-bond acceptors (Lipinski definition) is 1. The second kappa shape index (κ2) is 6.20. The van der Waals surface area contributed by atoms with Crippen molar-refractivity contribution in [2.45, 2.75) is 58.5 Å². The molecular weight excluding hydrogens is 160 g/mol. The molecular formula is C12H24O. The molecule has 0 saturated heterocycles. The van der Waals surface area contributed by atoms with Gasteiger partial charge in [-0.2, -0.15) is 0 Å². The zero-order chi connectivity index (χ0) is 10.3. The lowest BCUT2D eigenvalue weighted by atomic mass is 9.93. The van der Waals surface area contributed by atoms with Crippen molar-refractivity contribution >= 4 is 0 Å². The smallest absolute Gasteiger partial charge is 0.0797 e. The van der Waals surface area contributed by atoms with Crippen molar-refractivity contribution in [1.82, 2.24) is 0 Å². The van der Waals surface area contributed by atoms with E-state index in [-0.39, 0.29) is 0 Å². The maximum Gasteiger partial charge on any atom is 0.0797 e. The third-order valence-corrected chi connectivity index (χ3v) is 2.60. The van der Waals surface area contributed by atoms with Crippen LogP contribution in [-0.2, 0) is 0 Å². The monoisotopic (exact) mass is 184 g/mol. The Morgan fingerprint density at radius 2 is 2.08 bits per heavy atom. The Morgan fingerprint density at radius 3 is 2.54 bits per heavy atom. The van der Waals surface area contributed by atoms with Crippen molar-refractivity contribution in [2.75, 3.05) is 0 Å². The maximum atomic E-state index is 9.65. The van der Waals surface area contributed by atoms with Crippen LogP contribution in [0.25, 0.3) is 0 Å². The van der Waals surface area contributed by atoms with Gasteiger partial charge in [0.25, 0.3) is 0 Å². The normalized spacial score (nSPS) is 17.8. The van der Waals surface area contributed by atoms with E-state index in [4.69, 9.17) is 0 Å². The van der Waals surface area contributed by atoms with Crippen LogP contribution in [0.2, 0.25) is 0 Å². The molecule has 0 aliphatic carbocycles. The summed E-state index contributed by atoms with van der Waals surface area (Å²) in [6, 6.07) is 0. The van der Waals surface area contributed by atoms with Gasteiger partial charge in [0.05, 0.1) is 5.60 Å². The Bertz CT molecular complexity index is 138. The van der Waals surface area contributed by atoms with Gasteiger partial charge in [-0.15, -0.1) is 6.58 Å². The molecule has 2 unspecified atom stereocenters. The minimum Gasteiger partial charge on any atom is -0.386 e. The Morgan fingerprint density at radius 1 is 1.46 bits per heavy atom. The summed E-state index contributed by atoms with van der Waals surface area (Å²) < 4.78 is 0. The van der Waals surface area contributed by atoms with Gasteiger partial charge in [-0.25, -0.2) is 0 Å². The molecule has 0 aromatic heterocycles. The second-order valence-electron chi connectivity index (χ2n) is 4.35. The molecule has 2 atom stereocenters. The summed E-state index contributed by atoms with van der Waals surface area (Å²) in [7, 11) is 0. The highest BCUT2D eigenvalue weighted by Crippen LogP contribution is 2.19. The van der Waals surface area contributed by atoms with Gasteiger partial charge in [-0.3, -0.25) is 0 Å². The largest absolute Gasteiger partial charge is 0.386 e. The van der Waals surface area contributed by atoms with Crippen LogP contribution in [-0.4, -0.2) is 10.7 Å². The van der Waals surface area contributed by atoms with E-state index in [9.17, 15) is 5.11 Å². The van der Waals surface area contributed by atoms with Crippen LogP contribution in [0.3, 0.4) is 0 Å². The summed E-state index contributed by atoms with van der Waals surface area (Å²) >= 11 is 0. The van der Waals surface area contributed by atoms with Crippen molar-refractivity contribution in [3.63, 3.8) is 0 Å². The van der Waals surface area contributed by atoms with Gasteiger partial charge < -0.3 is 5.11 Å². The average molecular weight is 184 g/mol. The molecule has 0 aliphatic heterocycles. The molecule has 1 heteroatoms. The number of aliphatic hydroxyl groups is 1. The molecule has 0 bridgehead atoms. The molecule has 1 nitrogen and oxygen atoms in total. The average Bonchev–Trinajstić information content (AvgIpc) is 2.05. The Balaban J connectivity index is 3.49. The van der Waals surface area contributed by atoms with Gasteiger partial charge in [0.2, 0.25) is 0 Å². The highest BCUT2D eigenvalue weighted by molar-refractivity contribution is 4.91. The molecule has 0 rings (SSSR count). The second-order valence-corrected chi connectivity index (χ2v) is 4.35. The third-order valence-electron chi connectivity index (χ3n) is 2.60. The first-order valence-electron chi connectivity index (χ1n) is 5.38. The molecule has 0 radical (unpaired) electrons. The van der Waals surface area contributed by atoms with Crippen LogP contribution in [0.1, 0.15) is 52.9 Å². The first-order valence-corrected chi connectivity index (χ1v) is 5.38. The van der Waals surface area contributed by atoms with Crippen molar-refractivity contribution < 1.29 is 5.11 Å². The molecule has 0 heterocycles. The summed E-state index contributed by atoms with van der Waals surface area (Å²) in [5.74, 6) is 0.797. The summed E-state index contributed by atoms with van der Waals surface area (Å²) in [5.41, 5.74) is -0.661. The molecule has 0 aromatic rings. The SMILES string of the molecule is C=CC(C)(O)CCCC(C)CCC. The molecule has 0 saturated carbocycles. The van der Waals surface area contributed by atoms with Gasteiger partial charge in [-0.05, 0) is 19.3 Å². The van der Waals surface area contributed by atoms with Gasteiger partial charge in [0.1, 0.15) is 0 Å². The minimum atomic E-state index is -0.661. The van der Waals surface area contributed by atoms with Crippen LogP contribution < -0.4 is 0 Å². The van der Waals surface area contributed by atoms with E-state index in [0.717, 1.165) is 18.8 Å². The van der Waals surface area contributed by atoms with Crippen molar-refractivity contribution in [3.8, 4) is 0 Å². The molecule has 0 fully saturated rings. The van der Waals surface area contributed by atoms with E-state index >= 15 is 0 Å². The molecule has 0 aliphatic rings. The first-order chi connectivity index (χ1) is 6.02. The van der Waals surface area contributed by atoms with E-state index in [2.05, 4.69) is 20.4 Å². The third kappa shape index (κ3) is 6.83.